The lowest BCUT2D eigenvalue weighted by molar-refractivity contribution is -0.473. The van der Waals surface area contributed by atoms with Gasteiger partial charge in [0.15, 0.2) is 0 Å². The van der Waals surface area contributed by atoms with Crippen molar-refractivity contribution in [1.82, 2.24) is 10.6 Å². The fraction of sp³-hybridized carbons (Fsp3) is 0.970. The van der Waals surface area contributed by atoms with E-state index in [4.69, 9.17) is 4.74 Å². The minimum Gasteiger partial charge on any atom is -0.396 e. The average molecular weight is 1130 g/mol. The van der Waals surface area contributed by atoms with Crippen LogP contribution in [-0.4, -0.2) is 89.3 Å². The van der Waals surface area contributed by atoms with Crippen LogP contribution in [-0.2, 0) is 14.3 Å². The molecular formula is C66H132N2O11. The topological polar surface area (TPSA) is 229 Å². The molecule has 2 amide bonds. The van der Waals surface area contributed by atoms with Crippen LogP contribution in [0.5, 0.6) is 0 Å². The number of carbonyl (C=O) groups excluding carboxylic acids is 2. The second-order valence-corrected chi connectivity index (χ2v) is 24.5. The molecule has 472 valence electrons. The number of hydrogen-bond donors (Lipinski definition) is 10. The summed E-state index contributed by atoms with van der Waals surface area (Å²) < 4.78 is 4.95. The Bertz CT molecular complexity index is 1230. The van der Waals surface area contributed by atoms with Crippen LogP contribution >= 0.6 is 0 Å². The Hall–Kier alpha value is -1.42. The molecule has 13 heteroatoms. The largest absolute Gasteiger partial charge is 0.396 e. The third-order valence-corrected chi connectivity index (χ3v) is 16.3. The van der Waals surface area contributed by atoms with E-state index in [-0.39, 0.29) is 37.9 Å². The molecule has 0 radical (unpaired) electrons. The third-order valence-electron chi connectivity index (χ3n) is 16.3. The summed E-state index contributed by atoms with van der Waals surface area (Å²) in [5.74, 6) is -5.42. The number of aliphatic hydroxyl groups excluding tert-OH is 2. The first kappa shape index (κ1) is 77.6. The third kappa shape index (κ3) is 54.3. The van der Waals surface area contributed by atoms with E-state index in [1.165, 1.54) is 128 Å². The number of ether oxygens (including phenoxy) is 1. The van der Waals surface area contributed by atoms with Crippen molar-refractivity contribution < 1.29 is 55.2 Å². The molecule has 0 rings (SSSR count). The Morgan fingerprint density at radius 3 is 0.696 bits per heavy atom. The van der Waals surface area contributed by atoms with Crippen LogP contribution in [0.15, 0.2) is 0 Å². The van der Waals surface area contributed by atoms with Crippen LogP contribution in [0.3, 0.4) is 0 Å². The molecule has 2 unspecified atom stereocenters. The highest BCUT2D eigenvalue weighted by molar-refractivity contribution is 5.76. The minimum absolute atomic E-state index is 0.0154. The molecule has 0 fully saturated rings. The monoisotopic (exact) mass is 1130 g/mol. The van der Waals surface area contributed by atoms with Gasteiger partial charge in [-0.1, -0.05) is 271 Å². The highest BCUT2D eigenvalue weighted by Gasteiger charge is 2.36. The van der Waals surface area contributed by atoms with Crippen molar-refractivity contribution in [2.75, 3.05) is 13.2 Å². The van der Waals surface area contributed by atoms with E-state index in [1.54, 1.807) is 0 Å². The zero-order chi connectivity index (χ0) is 58.3. The summed E-state index contributed by atoms with van der Waals surface area (Å²) in [6, 6.07) is 0. The standard InChI is InChI=1S/C66H132N2O11/c1-3-5-7-9-11-13-15-17-19-25-31-37-43-51-61(71)67-63(73,55-49-59-69)53-45-39-33-27-21-23-29-35-41-47-57-65(75,76)79-66(77,78)58-48-42-36-30-24-22-28-34-40-46-54-64(74,56-50-60-70)68-62(72)52-44-38-32-26-20-18-16-14-12-10-8-6-4-2/h69-70,73-78H,3-60H2,1-2H3,(H,67,71)(H,68,72). The highest BCUT2D eigenvalue weighted by atomic mass is 16.9. The maximum atomic E-state index is 12.7. The zero-order valence-electron chi connectivity index (χ0n) is 51.8. The maximum Gasteiger partial charge on any atom is 0.282 e. The molecule has 0 aliphatic heterocycles. The molecule has 0 aliphatic carbocycles. The Morgan fingerprint density at radius 2 is 0.468 bits per heavy atom. The SMILES string of the molecule is CCCCCCCCCCCCCCCC(=O)NC(O)(CCCO)CCCCCCCCCCCCC(O)(O)OC(O)(O)CCCCCCCCCCCCC(O)(CCCO)NC(=O)CCCCCCCCCCCCCCC. The van der Waals surface area contributed by atoms with E-state index in [9.17, 15) is 50.4 Å². The summed E-state index contributed by atoms with van der Waals surface area (Å²) in [4.78, 5) is 25.4. The van der Waals surface area contributed by atoms with Crippen LogP contribution < -0.4 is 10.6 Å². The lowest BCUT2D eigenvalue weighted by Crippen LogP contribution is -2.48. The first-order valence-corrected chi connectivity index (χ1v) is 34.0. The van der Waals surface area contributed by atoms with E-state index in [0.717, 1.165) is 154 Å². The molecule has 79 heavy (non-hydrogen) atoms. The van der Waals surface area contributed by atoms with Gasteiger partial charge in [-0.25, -0.2) is 0 Å². The van der Waals surface area contributed by atoms with Crippen molar-refractivity contribution in [1.29, 1.82) is 0 Å². The van der Waals surface area contributed by atoms with E-state index in [2.05, 4.69) is 24.5 Å². The zero-order valence-corrected chi connectivity index (χ0v) is 51.8. The second kappa shape index (κ2) is 54.5. The maximum absolute atomic E-state index is 12.7. The van der Waals surface area contributed by atoms with Crippen molar-refractivity contribution >= 4 is 11.8 Å². The first-order chi connectivity index (χ1) is 38.2. The summed E-state index contributed by atoms with van der Waals surface area (Å²) in [7, 11) is 0. The molecule has 0 heterocycles. The van der Waals surface area contributed by atoms with Gasteiger partial charge in [0.05, 0.1) is 0 Å². The van der Waals surface area contributed by atoms with Crippen LogP contribution in [0.2, 0.25) is 0 Å². The molecule has 0 aromatic carbocycles. The second-order valence-electron chi connectivity index (χ2n) is 24.5. The number of carbonyl (C=O) groups is 2. The fourth-order valence-electron chi connectivity index (χ4n) is 11.2. The number of aliphatic hydroxyl groups is 8. The quantitative estimate of drug-likeness (QED) is 0.0203. The van der Waals surface area contributed by atoms with Gasteiger partial charge >= 0.3 is 0 Å². The lowest BCUT2D eigenvalue weighted by atomic mass is 9.98. The van der Waals surface area contributed by atoms with Crippen molar-refractivity contribution in [2.45, 2.75) is 397 Å². The Balaban J connectivity index is 3.98. The van der Waals surface area contributed by atoms with E-state index >= 15 is 0 Å². The number of amides is 2. The Labute approximate surface area is 485 Å². The normalized spacial score (nSPS) is 13.7. The van der Waals surface area contributed by atoms with Crippen LogP contribution in [0.1, 0.15) is 373 Å². The molecule has 13 nitrogen and oxygen atoms in total. The summed E-state index contributed by atoms with van der Waals surface area (Å²) in [6.45, 7) is 4.48. The predicted molar refractivity (Wildman–Crippen MR) is 326 cm³/mol. The van der Waals surface area contributed by atoms with Crippen LogP contribution in [0.4, 0.5) is 0 Å². The lowest BCUT2D eigenvalue weighted by Gasteiger charge is -2.30. The summed E-state index contributed by atoms with van der Waals surface area (Å²) in [6.07, 6.45) is 54.5. The molecule has 0 saturated carbocycles. The molecule has 2 atom stereocenters. The fourth-order valence-corrected chi connectivity index (χ4v) is 11.2. The van der Waals surface area contributed by atoms with Crippen molar-refractivity contribution in [2.24, 2.45) is 0 Å². The van der Waals surface area contributed by atoms with Crippen LogP contribution in [0, 0.1) is 0 Å². The van der Waals surface area contributed by atoms with Gasteiger partial charge in [0, 0.05) is 38.9 Å². The summed E-state index contributed by atoms with van der Waals surface area (Å²) in [5, 5.41) is 88.4. The predicted octanol–water partition coefficient (Wildman–Crippen LogP) is 15.8. The van der Waals surface area contributed by atoms with Gasteiger partial charge in [-0.3, -0.25) is 14.3 Å². The van der Waals surface area contributed by atoms with Gasteiger partial charge in [-0.15, -0.1) is 0 Å². The molecular weight excluding hydrogens is 997 g/mol. The van der Waals surface area contributed by atoms with Crippen LogP contribution in [0.25, 0.3) is 0 Å². The van der Waals surface area contributed by atoms with Gasteiger partial charge in [-0.2, -0.15) is 0 Å². The summed E-state index contributed by atoms with van der Waals surface area (Å²) in [5.41, 5.74) is -2.53. The van der Waals surface area contributed by atoms with E-state index < -0.39 is 23.4 Å². The molecule has 0 saturated heterocycles. The van der Waals surface area contributed by atoms with Crippen molar-refractivity contribution in [3.63, 3.8) is 0 Å². The average Bonchev–Trinajstić information content (AvgIpc) is 3.40. The van der Waals surface area contributed by atoms with Gasteiger partial charge < -0.3 is 51.5 Å². The Kier molecular flexibility index (Phi) is 53.5. The van der Waals surface area contributed by atoms with E-state index in [1.807, 2.05) is 0 Å². The molecule has 10 N–H and O–H groups in total. The van der Waals surface area contributed by atoms with Gasteiger partial charge in [-0.05, 0) is 77.0 Å². The molecule has 0 spiro atoms. The van der Waals surface area contributed by atoms with Gasteiger partial charge in [0.2, 0.25) is 11.8 Å². The number of rotatable bonds is 64. The molecule has 0 aromatic heterocycles. The first-order valence-electron chi connectivity index (χ1n) is 34.0. The number of nitrogens with one attached hydrogen (secondary N) is 2. The molecule has 0 aromatic rings. The summed E-state index contributed by atoms with van der Waals surface area (Å²) >= 11 is 0. The van der Waals surface area contributed by atoms with Gasteiger partial charge in [0.1, 0.15) is 11.4 Å². The van der Waals surface area contributed by atoms with Crippen molar-refractivity contribution in [3.8, 4) is 0 Å². The van der Waals surface area contributed by atoms with Gasteiger partial charge in [0.25, 0.3) is 11.9 Å². The Morgan fingerprint density at radius 1 is 0.278 bits per heavy atom. The van der Waals surface area contributed by atoms with E-state index in [0.29, 0.717) is 64.2 Å². The minimum atomic E-state index is -2.61. The smallest absolute Gasteiger partial charge is 0.282 e. The number of hydrogen-bond acceptors (Lipinski definition) is 11. The molecule has 0 bridgehead atoms. The highest BCUT2D eigenvalue weighted by Crippen LogP contribution is 2.26. The van der Waals surface area contributed by atoms with Crippen molar-refractivity contribution in [3.05, 3.63) is 0 Å². The molecule has 0 aliphatic rings. The number of unbranched alkanes of at least 4 members (excludes halogenated alkanes) is 42.